The smallest absolute Gasteiger partial charge is 0.175 e. The fourth-order valence-electron chi connectivity index (χ4n) is 7.27. The maximum atomic E-state index is 11.8. The van der Waals surface area contributed by atoms with Crippen LogP contribution in [0.5, 0.6) is 0 Å². The third-order valence-corrected chi connectivity index (χ3v) is 11.5. The van der Waals surface area contributed by atoms with E-state index >= 15 is 0 Å². The highest BCUT2D eigenvalue weighted by Gasteiger charge is 2.29. The molecule has 2 heterocycles. The van der Waals surface area contributed by atoms with Crippen molar-refractivity contribution in [3.63, 3.8) is 0 Å². The topological polar surface area (TPSA) is 40.6 Å². The maximum absolute atomic E-state index is 11.8. The monoisotopic (exact) mass is 654 g/mol. The Labute approximate surface area is 282 Å². The molecule has 4 nitrogen and oxygen atoms in total. The number of hydrogen-bond donors (Lipinski definition) is 0. The van der Waals surface area contributed by atoms with E-state index in [1.54, 1.807) is 6.07 Å². The molecule has 0 radical (unpaired) electrons. The molecule has 0 aliphatic carbocycles. The Morgan fingerprint density at radius 1 is 0.652 bits per heavy atom. The van der Waals surface area contributed by atoms with Crippen molar-refractivity contribution in [1.82, 2.24) is 9.80 Å². The van der Waals surface area contributed by atoms with Gasteiger partial charge in [0, 0.05) is 37.3 Å². The van der Waals surface area contributed by atoms with E-state index in [1.807, 2.05) is 30.0 Å². The largest absolute Gasteiger partial charge is 0.299 e. The molecule has 6 rings (SSSR count). The van der Waals surface area contributed by atoms with E-state index in [1.165, 1.54) is 47.4 Å². The van der Waals surface area contributed by atoms with Crippen molar-refractivity contribution in [2.45, 2.75) is 61.4 Å². The van der Waals surface area contributed by atoms with Crippen LogP contribution in [-0.2, 0) is 22.9 Å². The minimum atomic E-state index is -3.14. The van der Waals surface area contributed by atoms with Crippen LogP contribution in [0.25, 0.3) is 0 Å². The van der Waals surface area contributed by atoms with Crippen molar-refractivity contribution in [3.05, 3.63) is 131 Å². The molecule has 0 amide bonds. The first-order valence-corrected chi connectivity index (χ1v) is 19.8. The molecule has 4 atom stereocenters. The van der Waals surface area contributed by atoms with Gasteiger partial charge in [-0.05, 0) is 102 Å². The summed E-state index contributed by atoms with van der Waals surface area (Å²) in [6.07, 6.45) is 5.77. The number of hydrogen-bond acceptors (Lipinski definition) is 5. The summed E-state index contributed by atoms with van der Waals surface area (Å²) in [6.45, 7) is 11.2. The number of sulfone groups is 1. The van der Waals surface area contributed by atoms with Crippen LogP contribution in [0.1, 0.15) is 60.8 Å². The third-order valence-electron chi connectivity index (χ3n) is 9.71. The second-order valence-corrected chi connectivity index (χ2v) is 16.2. The molecule has 6 heteroatoms. The first-order valence-electron chi connectivity index (χ1n) is 16.7. The number of nitrogens with zero attached hydrogens (tertiary/aromatic N) is 2. The van der Waals surface area contributed by atoms with Crippen molar-refractivity contribution in [3.8, 4) is 0 Å². The van der Waals surface area contributed by atoms with Crippen LogP contribution in [0.4, 0.5) is 0 Å². The first-order chi connectivity index (χ1) is 22.2. The quantitative estimate of drug-likeness (QED) is 0.178. The summed E-state index contributed by atoms with van der Waals surface area (Å²) in [6, 6.07) is 38.0. The third kappa shape index (κ3) is 9.57. The highest BCUT2D eigenvalue weighted by Crippen LogP contribution is 2.35. The Morgan fingerprint density at radius 2 is 1.13 bits per heavy atom. The summed E-state index contributed by atoms with van der Waals surface area (Å²) < 4.78 is 23.6. The zero-order valence-corrected chi connectivity index (χ0v) is 29.5. The second-order valence-electron chi connectivity index (χ2n) is 13.3. The van der Waals surface area contributed by atoms with Crippen LogP contribution in [0, 0.1) is 11.8 Å². The van der Waals surface area contributed by atoms with Crippen LogP contribution in [-0.4, -0.2) is 56.9 Å². The van der Waals surface area contributed by atoms with Gasteiger partial charge in [-0.1, -0.05) is 98.8 Å². The van der Waals surface area contributed by atoms with Crippen molar-refractivity contribution in [2.24, 2.45) is 11.8 Å². The van der Waals surface area contributed by atoms with E-state index in [-0.39, 0.29) is 0 Å². The average molecular weight is 655 g/mol. The van der Waals surface area contributed by atoms with Gasteiger partial charge < -0.3 is 0 Å². The van der Waals surface area contributed by atoms with E-state index in [0.717, 1.165) is 44.1 Å². The molecule has 4 aromatic carbocycles. The zero-order chi connectivity index (χ0) is 32.5. The molecule has 2 saturated heterocycles. The summed E-state index contributed by atoms with van der Waals surface area (Å²) in [5.41, 5.74) is 5.46. The van der Waals surface area contributed by atoms with Gasteiger partial charge in [-0.3, -0.25) is 9.80 Å². The molecule has 4 aromatic rings. The number of benzene rings is 4. The predicted octanol–water partition coefficient (Wildman–Crippen LogP) is 8.75. The molecule has 2 aliphatic rings. The van der Waals surface area contributed by atoms with Crippen molar-refractivity contribution in [1.29, 1.82) is 0 Å². The molecule has 2 fully saturated rings. The zero-order valence-electron chi connectivity index (χ0n) is 27.9. The molecular formula is C40H50N2O2S2. The van der Waals surface area contributed by atoms with Crippen molar-refractivity contribution < 1.29 is 8.42 Å². The summed E-state index contributed by atoms with van der Waals surface area (Å²) >= 11 is 1.84. The normalized spacial score (nSPS) is 22.5. The fraction of sp³-hybridized carbons (Fsp3) is 0.400. The van der Waals surface area contributed by atoms with Crippen LogP contribution in [0.3, 0.4) is 0 Å². The van der Waals surface area contributed by atoms with Gasteiger partial charge in [0.2, 0.25) is 0 Å². The van der Waals surface area contributed by atoms with Gasteiger partial charge in [0.25, 0.3) is 0 Å². The highest BCUT2D eigenvalue weighted by molar-refractivity contribution is 7.98. The SMILES string of the molecule is CSc1cccc([C@@H]2CCN(Cc3ccccc3)C[C@@H]2C)c1.C[C@H]1CN(Cc2ccccc2)CC[C@H]1c1cccc(S(C)(=O)=O)c1. The lowest BCUT2D eigenvalue weighted by atomic mass is 9.81. The Morgan fingerprint density at radius 3 is 1.59 bits per heavy atom. The van der Waals surface area contributed by atoms with Crippen LogP contribution >= 0.6 is 11.8 Å². The van der Waals surface area contributed by atoms with Gasteiger partial charge in [-0.25, -0.2) is 8.42 Å². The van der Waals surface area contributed by atoms with Gasteiger partial charge in [0.1, 0.15) is 0 Å². The van der Waals surface area contributed by atoms with Gasteiger partial charge in [-0.15, -0.1) is 11.8 Å². The summed E-state index contributed by atoms with van der Waals surface area (Å²) in [7, 11) is -3.14. The van der Waals surface area contributed by atoms with E-state index in [0.29, 0.717) is 22.6 Å². The minimum absolute atomic E-state index is 0.429. The lowest BCUT2D eigenvalue weighted by molar-refractivity contribution is 0.156. The number of thioether (sulfide) groups is 1. The van der Waals surface area contributed by atoms with Gasteiger partial charge in [-0.2, -0.15) is 0 Å². The Kier molecular flexibility index (Phi) is 12.2. The Bertz CT molecular complexity index is 1630. The molecule has 0 unspecified atom stereocenters. The number of likely N-dealkylation sites (tertiary alicyclic amines) is 2. The molecule has 0 N–H and O–H groups in total. The first kappa shape index (κ1) is 34.4. The number of rotatable bonds is 8. The molecule has 46 heavy (non-hydrogen) atoms. The Balaban J connectivity index is 0.000000182. The standard InChI is InChI=1S/C20H25NO2S.C20H25NS/c1-16-14-21(15-17-7-4-3-5-8-17)12-11-20(16)18-9-6-10-19(13-18)24(2,22)23;1-16-14-21(15-17-7-4-3-5-8-17)12-11-20(16)18-9-6-10-19(13-18)22-2/h3-10,13,16,20H,11-12,14-15H2,1-2H3;3-10,13,16,20H,11-12,14-15H2,1-2H3/t2*16-,20+/m00/s1. The van der Waals surface area contributed by atoms with E-state index in [9.17, 15) is 8.42 Å². The van der Waals surface area contributed by atoms with Crippen molar-refractivity contribution in [2.75, 3.05) is 38.7 Å². The molecule has 244 valence electrons. The summed E-state index contributed by atoms with van der Waals surface area (Å²) in [5, 5.41) is 0. The molecule has 2 aliphatic heterocycles. The van der Waals surface area contributed by atoms with Gasteiger partial charge >= 0.3 is 0 Å². The van der Waals surface area contributed by atoms with Gasteiger partial charge in [0.15, 0.2) is 9.84 Å². The molecule has 0 aromatic heterocycles. The van der Waals surface area contributed by atoms with Crippen molar-refractivity contribution >= 4 is 21.6 Å². The van der Waals surface area contributed by atoms with Crippen LogP contribution in [0.15, 0.2) is 119 Å². The fourth-order valence-corrected chi connectivity index (χ4v) is 8.42. The van der Waals surface area contributed by atoms with E-state index < -0.39 is 9.84 Å². The lowest BCUT2D eigenvalue weighted by Gasteiger charge is -2.37. The molecule has 0 spiro atoms. The lowest BCUT2D eigenvalue weighted by Crippen LogP contribution is -2.37. The van der Waals surface area contributed by atoms with Crippen LogP contribution in [0.2, 0.25) is 0 Å². The molecular weight excluding hydrogens is 605 g/mol. The Hall–Kier alpha value is -2.90. The molecule has 0 bridgehead atoms. The highest BCUT2D eigenvalue weighted by atomic mass is 32.2. The second kappa shape index (κ2) is 16.3. The predicted molar refractivity (Wildman–Crippen MR) is 194 cm³/mol. The summed E-state index contributed by atoms with van der Waals surface area (Å²) in [5.74, 6) is 2.37. The maximum Gasteiger partial charge on any atom is 0.175 e. The van der Waals surface area contributed by atoms with Gasteiger partial charge in [0.05, 0.1) is 4.90 Å². The summed E-state index contributed by atoms with van der Waals surface area (Å²) in [4.78, 5) is 6.92. The number of piperidine rings is 2. The van der Waals surface area contributed by atoms with Crippen LogP contribution < -0.4 is 0 Å². The minimum Gasteiger partial charge on any atom is -0.299 e. The average Bonchev–Trinajstić information content (AvgIpc) is 3.06. The molecule has 0 saturated carbocycles. The van der Waals surface area contributed by atoms with E-state index in [4.69, 9.17) is 0 Å². The van der Waals surface area contributed by atoms with E-state index in [2.05, 4.69) is 115 Å².